The first-order chi connectivity index (χ1) is 13.7. The lowest BCUT2D eigenvalue weighted by Gasteiger charge is -2.13. The summed E-state index contributed by atoms with van der Waals surface area (Å²) in [6.07, 6.45) is -5.03. The Hall–Kier alpha value is -3.33. The van der Waals surface area contributed by atoms with Crippen LogP contribution in [-0.2, 0) is 14.8 Å². The minimum atomic E-state index is -5.03. The maximum Gasteiger partial charge on any atom is 0.471 e. The van der Waals surface area contributed by atoms with Crippen molar-refractivity contribution in [3.8, 4) is 11.1 Å². The predicted octanol–water partition coefficient (Wildman–Crippen LogP) is 4.66. The van der Waals surface area contributed by atoms with Crippen LogP contribution in [-0.4, -0.2) is 20.5 Å². The summed E-state index contributed by atoms with van der Waals surface area (Å²) in [5.74, 6) is -2.14. The first kappa shape index (κ1) is 20.4. The number of nitrogens with one attached hydrogen (secondary N) is 2. The molecule has 29 heavy (non-hydrogen) atoms. The Morgan fingerprint density at radius 3 is 2.00 bits per heavy atom. The molecule has 0 atom stereocenters. The average molecular weight is 420 g/mol. The number of carbonyl (C=O) groups excluding carboxylic acids is 1. The quantitative estimate of drug-likeness (QED) is 0.631. The number of halogens is 3. The first-order valence-electron chi connectivity index (χ1n) is 8.32. The van der Waals surface area contributed by atoms with Crippen molar-refractivity contribution < 1.29 is 26.4 Å². The number of para-hydroxylation sites is 1. The highest BCUT2D eigenvalue weighted by Crippen LogP contribution is 2.29. The lowest BCUT2D eigenvalue weighted by atomic mass is 10.0. The number of sulfonamides is 1. The molecule has 5 nitrogen and oxygen atoms in total. The van der Waals surface area contributed by atoms with Crippen LogP contribution >= 0.6 is 0 Å². The van der Waals surface area contributed by atoms with E-state index >= 15 is 0 Å². The number of anilines is 2. The van der Waals surface area contributed by atoms with Gasteiger partial charge in [-0.3, -0.25) is 9.52 Å². The molecule has 0 heterocycles. The van der Waals surface area contributed by atoms with Gasteiger partial charge in [-0.2, -0.15) is 13.2 Å². The van der Waals surface area contributed by atoms with E-state index in [2.05, 4.69) is 4.72 Å². The summed E-state index contributed by atoms with van der Waals surface area (Å²) in [4.78, 5) is 10.8. The molecular formula is C20H15F3N2O3S. The topological polar surface area (TPSA) is 75.3 Å². The second-order valence-electron chi connectivity index (χ2n) is 5.99. The Morgan fingerprint density at radius 1 is 0.793 bits per heavy atom. The molecule has 2 N–H and O–H groups in total. The van der Waals surface area contributed by atoms with E-state index in [1.165, 1.54) is 0 Å². The standard InChI is InChI=1S/C20H15F3N2O3S/c21-20(22,23)19(26)24-15-10-12-16(13-11-15)29(27,28)25-18-9-5-4-8-17(18)14-6-2-1-3-7-14/h1-13,25H,(H,24,26). The van der Waals surface area contributed by atoms with Crippen molar-refractivity contribution in [1.29, 1.82) is 0 Å². The van der Waals surface area contributed by atoms with E-state index in [1.807, 2.05) is 30.3 Å². The van der Waals surface area contributed by atoms with Gasteiger partial charge in [0.1, 0.15) is 0 Å². The Labute approximate surface area is 165 Å². The third-order valence-corrected chi connectivity index (χ3v) is 5.32. The molecule has 1 amide bonds. The van der Waals surface area contributed by atoms with Crippen LogP contribution in [0.25, 0.3) is 11.1 Å². The Bertz CT molecular complexity index is 1110. The van der Waals surface area contributed by atoms with Gasteiger partial charge in [-0.15, -0.1) is 0 Å². The Kier molecular flexibility index (Phi) is 5.60. The van der Waals surface area contributed by atoms with Crippen molar-refractivity contribution in [3.05, 3.63) is 78.9 Å². The molecule has 0 saturated heterocycles. The zero-order valence-corrected chi connectivity index (χ0v) is 15.6. The average Bonchev–Trinajstić information content (AvgIpc) is 2.68. The number of alkyl halides is 3. The van der Waals surface area contributed by atoms with Crippen LogP contribution in [0.3, 0.4) is 0 Å². The molecule has 0 spiro atoms. The van der Waals surface area contributed by atoms with Crippen molar-refractivity contribution in [3.63, 3.8) is 0 Å². The van der Waals surface area contributed by atoms with Crippen molar-refractivity contribution >= 4 is 27.3 Å². The molecule has 0 bridgehead atoms. The smallest absolute Gasteiger partial charge is 0.318 e. The van der Waals surface area contributed by atoms with E-state index in [0.29, 0.717) is 11.3 Å². The second kappa shape index (κ2) is 7.96. The van der Waals surface area contributed by atoms with Crippen LogP contribution in [0.4, 0.5) is 24.5 Å². The van der Waals surface area contributed by atoms with E-state index < -0.39 is 22.1 Å². The molecule has 3 rings (SSSR count). The maximum atomic E-state index is 12.7. The summed E-state index contributed by atoms with van der Waals surface area (Å²) in [6, 6.07) is 20.4. The molecule has 0 saturated carbocycles. The minimum Gasteiger partial charge on any atom is -0.318 e. The van der Waals surface area contributed by atoms with Gasteiger partial charge in [-0.1, -0.05) is 48.5 Å². The summed E-state index contributed by atoms with van der Waals surface area (Å²) in [5, 5.41) is 1.66. The highest BCUT2D eigenvalue weighted by Gasteiger charge is 2.38. The van der Waals surface area contributed by atoms with Crippen LogP contribution in [0.5, 0.6) is 0 Å². The van der Waals surface area contributed by atoms with E-state index in [-0.39, 0.29) is 10.6 Å². The molecule has 0 aliphatic heterocycles. The van der Waals surface area contributed by atoms with Crippen LogP contribution in [0.2, 0.25) is 0 Å². The van der Waals surface area contributed by atoms with E-state index in [4.69, 9.17) is 0 Å². The van der Waals surface area contributed by atoms with E-state index in [9.17, 15) is 26.4 Å². The van der Waals surface area contributed by atoms with Crippen molar-refractivity contribution in [2.24, 2.45) is 0 Å². The Morgan fingerprint density at radius 2 is 1.38 bits per heavy atom. The van der Waals surface area contributed by atoms with Gasteiger partial charge < -0.3 is 5.32 Å². The molecule has 3 aromatic carbocycles. The fourth-order valence-electron chi connectivity index (χ4n) is 2.56. The highest BCUT2D eigenvalue weighted by molar-refractivity contribution is 7.92. The number of carbonyl (C=O) groups is 1. The summed E-state index contributed by atoms with van der Waals surface area (Å²) in [7, 11) is -4.00. The third-order valence-electron chi connectivity index (χ3n) is 3.94. The molecule has 9 heteroatoms. The number of benzene rings is 3. The normalized spacial score (nSPS) is 11.7. The van der Waals surface area contributed by atoms with Gasteiger partial charge in [0, 0.05) is 11.3 Å². The van der Waals surface area contributed by atoms with E-state index in [0.717, 1.165) is 29.8 Å². The van der Waals surface area contributed by atoms with Gasteiger partial charge in [0.2, 0.25) is 0 Å². The molecule has 0 aromatic heterocycles. The van der Waals surface area contributed by atoms with Gasteiger partial charge in [0.15, 0.2) is 0 Å². The SMILES string of the molecule is O=C(Nc1ccc(S(=O)(=O)Nc2ccccc2-c2ccccc2)cc1)C(F)(F)F. The maximum absolute atomic E-state index is 12.7. The van der Waals surface area contributed by atoms with Gasteiger partial charge in [0.25, 0.3) is 10.0 Å². The van der Waals surface area contributed by atoms with Gasteiger partial charge in [-0.25, -0.2) is 8.42 Å². The molecule has 3 aromatic rings. The summed E-state index contributed by atoms with van der Waals surface area (Å²) in [5.41, 5.74) is 1.67. The first-order valence-corrected chi connectivity index (χ1v) is 9.81. The monoisotopic (exact) mass is 420 g/mol. The van der Waals surface area contributed by atoms with Gasteiger partial charge >= 0.3 is 12.1 Å². The lowest BCUT2D eigenvalue weighted by molar-refractivity contribution is -0.167. The van der Waals surface area contributed by atoms with Crippen LogP contribution in [0, 0.1) is 0 Å². The van der Waals surface area contributed by atoms with E-state index in [1.54, 1.807) is 29.6 Å². The largest absolute Gasteiger partial charge is 0.471 e. The molecule has 0 aliphatic rings. The predicted molar refractivity (Wildman–Crippen MR) is 104 cm³/mol. The molecule has 0 unspecified atom stereocenters. The second-order valence-corrected chi connectivity index (χ2v) is 7.68. The number of amides is 1. The zero-order chi connectivity index (χ0) is 21.1. The molecule has 0 aliphatic carbocycles. The van der Waals surface area contributed by atoms with Crippen LogP contribution < -0.4 is 10.0 Å². The highest BCUT2D eigenvalue weighted by atomic mass is 32.2. The van der Waals surface area contributed by atoms with Crippen LogP contribution in [0.1, 0.15) is 0 Å². The lowest BCUT2D eigenvalue weighted by Crippen LogP contribution is -2.29. The fraction of sp³-hybridized carbons (Fsp3) is 0.0500. The Balaban J connectivity index is 1.83. The number of hydrogen-bond acceptors (Lipinski definition) is 3. The van der Waals surface area contributed by atoms with Crippen molar-refractivity contribution in [1.82, 2.24) is 0 Å². The van der Waals surface area contributed by atoms with Gasteiger partial charge in [0.05, 0.1) is 10.6 Å². The number of hydrogen-bond donors (Lipinski definition) is 2. The molecule has 0 radical (unpaired) electrons. The summed E-state index contributed by atoms with van der Waals surface area (Å²) in [6.45, 7) is 0. The summed E-state index contributed by atoms with van der Waals surface area (Å²) >= 11 is 0. The number of rotatable bonds is 5. The third kappa shape index (κ3) is 4.94. The summed E-state index contributed by atoms with van der Waals surface area (Å²) < 4.78 is 64.8. The zero-order valence-electron chi connectivity index (χ0n) is 14.8. The molecule has 150 valence electrons. The fourth-order valence-corrected chi connectivity index (χ4v) is 3.64. The van der Waals surface area contributed by atoms with Crippen LogP contribution in [0.15, 0.2) is 83.8 Å². The molecular weight excluding hydrogens is 405 g/mol. The van der Waals surface area contributed by atoms with Crippen molar-refractivity contribution in [2.45, 2.75) is 11.1 Å². The van der Waals surface area contributed by atoms with Gasteiger partial charge in [-0.05, 0) is 35.9 Å². The molecule has 0 fully saturated rings. The minimum absolute atomic E-state index is 0.162. The van der Waals surface area contributed by atoms with Crippen molar-refractivity contribution in [2.75, 3.05) is 10.0 Å².